The summed E-state index contributed by atoms with van der Waals surface area (Å²) in [6.07, 6.45) is 0.706. The van der Waals surface area contributed by atoms with E-state index in [0.717, 1.165) is 0 Å². The number of amides is 1. The molecule has 1 N–H and O–H groups in total. The number of pyridine rings is 2. The van der Waals surface area contributed by atoms with Crippen LogP contribution >= 0.6 is 0 Å². The van der Waals surface area contributed by atoms with E-state index in [1.165, 1.54) is 24.3 Å². The quantitative estimate of drug-likeness (QED) is 0.612. The van der Waals surface area contributed by atoms with Crippen molar-refractivity contribution >= 4 is 28.5 Å². The highest BCUT2D eigenvalue weighted by atomic mass is 19.1. The van der Waals surface area contributed by atoms with Gasteiger partial charge >= 0.3 is 6.09 Å². The smallest absolute Gasteiger partial charge is 0.414 e. The fourth-order valence-electron chi connectivity index (χ4n) is 4.18. The molecule has 1 aromatic carbocycles. The number of hydrogen-bond donors (Lipinski definition) is 1. The summed E-state index contributed by atoms with van der Waals surface area (Å²) in [6, 6.07) is 7.96. The molecule has 4 heterocycles. The lowest BCUT2D eigenvalue weighted by molar-refractivity contribution is 0.178. The lowest BCUT2D eigenvalue weighted by Gasteiger charge is -2.42. The number of benzene rings is 1. The van der Waals surface area contributed by atoms with Gasteiger partial charge < -0.3 is 19.7 Å². The first kappa shape index (κ1) is 21.3. The summed E-state index contributed by atoms with van der Waals surface area (Å²) >= 11 is 0. The second-order valence-electron chi connectivity index (χ2n) is 8.22. The van der Waals surface area contributed by atoms with Gasteiger partial charge in [0.05, 0.1) is 30.6 Å². The van der Waals surface area contributed by atoms with Crippen LogP contribution in [0, 0.1) is 18.6 Å². The molecule has 8 nitrogen and oxygen atoms in total. The lowest BCUT2D eigenvalue weighted by Crippen LogP contribution is -2.60. The van der Waals surface area contributed by atoms with Gasteiger partial charge in [0.15, 0.2) is 5.82 Å². The zero-order valence-electron chi connectivity index (χ0n) is 18.2. The summed E-state index contributed by atoms with van der Waals surface area (Å²) < 4.78 is 39.0. The fourth-order valence-corrected chi connectivity index (χ4v) is 4.18. The molecule has 3 aromatic rings. The zero-order valence-corrected chi connectivity index (χ0v) is 18.2. The molecule has 5 rings (SSSR count). The number of halogens is 2. The maximum absolute atomic E-state index is 14.6. The third-order valence-corrected chi connectivity index (χ3v) is 6.06. The van der Waals surface area contributed by atoms with Gasteiger partial charge in [0.25, 0.3) is 0 Å². The minimum atomic E-state index is -0.495. The van der Waals surface area contributed by atoms with Gasteiger partial charge in [-0.2, -0.15) is 0 Å². The number of fused-ring (bicyclic) bond motifs is 1. The van der Waals surface area contributed by atoms with Crippen LogP contribution in [0.25, 0.3) is 11.0 Å². The summed E-state index contributed by atoms with van der Waals surface area (Å²) in [5.74, 6) is -0.417. The molecule has 0 saturated carbocycles. The molecule has 0 aliphatic carbocycles. The van der Waals surface area contributed by atoms with E-state index in [2.05, 4.69) is 15.3 Å². The molecule has 2 aliphatic heterocycles. The number of ether oxygens (including phenoxy) is 2. The van der Waals surface area contributed by atoms with Crippen LogP contribution in [0.4, 0.5) is 25.0 Å². The highest BCUT2D eigenvalue weighted by Crippen LogP contribution is 2.32. The Balaban J connectivity index is 1.25. The van der Waals surface area contributed by atoms with Gasteiger partial charge in [0, 0.05) is 31.7 Å². The van der Waals surface area contributed by atoms with Crippen molar-refractivity contribution in [3.8, 4) is 5.88 Å². The van der Waals surface area contributed by atoms with E-state index in [-0.39, 0.29) is 24.5 Å². The molecule has 0 bridgehead atoms. The monoisotopic (exact) mass is 455 g/mol. The SMILES string of the molecule is COc1ccc2ncc(F)c(N3CC(NC[C@H]4COC(=O)N4c4ccc(C)c(F)c4)C3)c2n1. The standard InChI is InChI=1S/C23H23F2N5O3/c1-13-3-4-15(7-17(13)24)30-16(12-33-23(30)31)8-26-14-10-29(11-14)22-18(25)9-27-19-5-6-20(32-2)28-21(19)22/h3-7,9,14,16,26H,8,10-12H2,1-2H3/t16-/m0/s1. The van der Waals surface area contributed by atoms with Crippen LogP contribution in [0.15, 0.2) is 36.5 Å². The number of aryl methyl sites for hydroxylation is 1. The van der Waals surface area contributed by atoms with Gasteiger partial charge in [-0.05, 0) is 30.7 Å². The fraction of sp³-hybridized carbons (Fsp3) is 0.348. The van der Waals surface area contributed by atoms with Gasteiger partial charge in [-0.15, -0.1) is 0 Å². The first-order valence-electron chi connectivity index (χ1n) is 10.6. The van der Waals surface area contributed by atoms with Crippen molar-refractivity contribution in [3.63, 3.8) is 0 Å². The molecule has 2 saturated heterocycles. The summed E-state index contributed by atoms with van der Waals surface area (Å²) in [5.41, 5.74) is 2.42. The van der Waals surface area contributed by atoms with Crippen molar-refractivity contribution in [3.05, 3.63) is 53.7 Å². The molecule has 10 heteroatoms. The van der Waals surface area contributed by atoms with Crippen molar-refractivity contribution in [1.29, 1.82) is 0 Å². The molecule has 33 heavy (non-hydrogen) atoms. The maximum Gasteiger partial charge on any atom is 0.414 e. The van der Waals surface area contributed by atoms with Crippen LogP contribution in [0.1, 0.15) is 5.56 Å². The van der Waals surface area contributed by atoms with E-state index >= 15 is 0 Å². The number of rotatable bonds is 6. The number of carbonyl (C=O) groups is 1. The third kappa shape index (κ3) is 3.91. The number of hydrogen-bond acceptors (Lipinski definition) is 7. The van der Waals surface area contributed by atoms with Gasteiger partial charge in [0.1, 0.15) is 23.6 Å². The molecule has 2 fully saturated rings. The van der Waals surface area contributed by atoms with E-state index in [9.17, 15) is 13.6 Å². The minimum absolute atomic E-state index is 0.0885. The topological polar surface area (TPSA) is 79.8 Å². The van der Waals surface area contributed by atoms with Crippen LogP contribution in [0.2, 0.25) is 0 Å². The maximum atomic E-state index is 14.6. The molecule has 172 valence electrons. The van der Waals surface area contributed by atoms with Crippen molar-refractivity contribution in [2.75, 3.05) is 43.2 Å². The Hall–Kier alpha value is -3.53. The van der Waals surface area contributed by atoms with E-state index in [1.807, 2.05) is 4.90 Å². The highest BCUT2D eigenvalue weighted by molar-refractivity contribution is 5.90. The van der Waals surface area contributed by atoms with Crippen molar-refractivity contribution in [2.24, 2.45) is 0 Å². The van der Waals surface area contributed by atoms with Gasteiger partial charge in [-0.25, -0.2) is 18.6 Å². The number of cyclic esters (lactones) is 1. The minimum Gasteiger partial charge on any atom is -0.481 e. The average Bonchev–Trinajstić information content (AvgIpc) is 3.15. The second-order valence-corrected chi connectivity index (χ2v) is 8.22. The number of anilines is 2. The van der Waals surface area contributed by atoms with Gasteiger partial charge in [-0.1, -0.05) is 6.07 Å². The van der Waals surface area contributed by atoms with Crippen LogP contribution in [0.3, 0.4) is 0 Å². The van der Waals surface area contributed by atoms with Crippen LogP contribution in [-0.2, 0) is 4.74 Å². The lowest BCUT2D eigenvalue weighted by atomic mass is 10.1. The molecule has 0 radical (unpaired) electrons. The van der Waals surface area contributed by atoms with Gasteiger partial charge in [0.2, 0.25) is 5.88 Å². The van der Waals surface area contributed by atoms with Crippen molar-refractivity contribution < 1.29 is 23.0 Å². The van der Waals surface area contributed by atoms with Crippen LogP contribution in [-0.4, -0.2) is 61.5 Å². The number of methoxy groups -OCH3 is 1. The Morgan fingerprint density at radius 1 is 1.21 bits per heavy atom. The zero-order chi connectivity index (χ0) is 23.1. The number of carbonyl (C=O) groups excluding carboxylic acids is 1. The number of nitrogens with zero attached hydrogens (tertiary/aromatic N) is 4. The van der Waals surface area contributed by atoms with E-state index < -0.39 is 11.9 Å². The van der Waals surface area contributed by atoms with Crippen LogP contribution < -0.4 is 19.9 Å². The first-order valence-corrected chi connectivity index (χ1v) is 10.6. The van der Waals surface area contributed by atoms with Crippen LogP contribution in [0.5, 0.6) is 5.88 Å². The molecule has 2 aliphatic rings. The first-order chi connectivity index (χ1) is 15.9. The van der Waals surface area contributed by atoms with Crippen molar-refractivity contribution in [2.45, 2.75) is 19.0 Å². The average molecular weight is 455 g/mol. The molecule has 1 amide bonds. The second kappa shape index (κ2) is 8.43. The Labute approximate surface area is 189 Å². The largest absolute Gasteiger partial charge is 0.481 e. The summed E-state index contributed by atoms with van der Waals surface area (Å²) in [7, 11) is 1.51. The molecule has 0 spiro atoms. The summed E-state index contributed by atoms with van der Waals surface area (Å²) in [5, 5.41) is 3.40. The Morgan fingerprint density at radius 2 is 2.03 bits per heavy atom. The highest BCUT2D eigenvalue weighted by Gasteiger charge is 2.37. The van der Waals surface area contributed by atoms with Crippen molar-refractivity contribution in [1.82, 2.24) is 15.3 Å². The Morgan fingerprint density at radius 3 is 2.79 bits per heavy atom. The summed E-state index contributed by atoms with van der Waals surface area (Å²) in [6.45, 7) is 3.48. The third-order valence-electron chi connectivity index (χ3n) is 6.06. The predicted octanol–water partition coefficient (Wildman–Crippen LogP) is 3.03. The molecule has 2 aromatic heterocycles. The normalized spacial score (nSPS) is 18.5. The predicted molar refractivity (Wildman–Crippen MR) is 119 cm³/mol. The van der Waals surface area contributed by atoms with E-state index in [1.54, 1.807) is 31.2 Å². The molecular weight excluding hydrogens is 432 g/mol. The number of aromatic nitrogens is 2. The molecule has 1 atom stereocenters. The van der Waals surface area contributed by atoms with Gasteiger partial charge in [-0.3, -0.25) is 9.88 Å². The molecule has 0 unspecified atom stereocenters. The summed E-state index contributed by atoms with van der Waals surface area (Å²) in [4.78, 5) is 24.1. The van der Waals surface area contributed by atoms with E-state index in [0.29, 0.717) is 53.5 Å². The Bertz CT molecular complexity index is 1220. The molecular formula is C23H23F2N5O3. The number of nitrogens with one attached hydrogen (secondary N) is 1. The Kier molecular flexibility index (Phi) is 5.45. The van der Waals surface area contributed by atoms with E-state index in [4.69, 9.17) is 9.47 Å².